The van der Waals surface area contributed by atoms with Gasteiger partial charge in [-0.2, -0.15) is 0 Å². The molecule has 0 spiro atoms. The minimum atomic E-state index is -0.506. The molecule has 2 unspecified atom stereocenters. The fraction of sp³-hybridized carbons (Fsp3) is 0.500. The van der Waals surface area contributed by atoms with Gasteiger partial charge in [-0.25, -0.2) is 0 Å². The van der Waals surface area contributed by atoms with Crippen molar-refractivity contribution >= 4 is 17.3 Å². The molecular formula is C14H19N3O4. The molecule has 1 aromatic rings. The Hall–Kier alpha value is -2.15. The maximum absolute atomic E-state index is 12.1. The molecule has 0 aliphatic carbocycles. The van der Waals surface area contributed by atoms with E-state index in [9.17, 15) is 20.0 Å². The van der Waals surface area contributed by atoms with Gasteiger partial charge >= 0.3 is 0 Å². The second-order valence-corrected chi connectivity index (χ2v) is 5.30. The first-order chi connectivity index (χ1) is 9.99. The number of anilines is 1. The van der Waals surface area contributed by atoms with Crippen LogP contribution in [0.5, 0.6) is 0 Å². The topological polar surface area (TPSA) is 95.7 Å². The van der Waals surface area contributed by atoms with E-state index in [2.05, 4.69) is 5.32 Å². The third-order valence-electron chi connectivity index (χ3n) is 3.80. The molecule has 0 aromatic heterocycles. The first-order valence-corrected chi connectivity index (χ1v) is 6.92. The van der Waals surface area contributed by atoms with Crippen LogP contribution >= 0.6 is 0 Å². The summed E-state index contributed by atoms with van der Waals surface area (Å²) in [5.41, 5.74) is 0.263. The normalized spacial score (nSPS) is 21.9. The lowest BCUT2D eigenvalue weighted by Crippen LogP contribution is -2.47. The molecule has 2 N–H and O–H groups in total. The first kappa shape index (κ1) is 15.2. The first-order valence-electron chi connectivity index (χ1n) is 6.92. The molecule has 1 fully saturated rings. The number of amides is 1. The summed E-state index contributed by atoms with van der Waals surface area (Å²) in [6.07, 6.45) is 0.257. The van der Waals surface area contributed by atoms with Crippen LogP contribution in [0.2, 0.25) is 0 Å². The average molecular weight is 293 g/mol. The lowest BCUT2D eigenvalue weighted by molar-refractivity contribution is -0.383. The van der Waals surface area contributed by atoms with Gasteiger partial charge in [-0.1, -0.05) is 19.1 Å². The number of nitro benzene ring substituents is 1. The van der Waals surface area contributed by atoms with Gasteiger partial charge in [0.1, 0.15) is 5.69 Å². The van der Waals surface area contributed by atoms with Crippen LogP contribution in [0.25, 0.3) is 0 Å². The van der Waals surface area contributed by atoms with Gasteiger partial charge in [0.15, 0.2) is 0 Å². The summed E-state index contributed by atoms with van der Waals surface area (Å²) in [4.78, 5) is 24.1. The Balaban J connectivity index is 1.94. The number of β-amino-alcohol motifs (C(OH)–C–C–N with tert-alkyl or cyclic N) is 1. The van der Waals surface area contributed by atoms with E-state index in [1.54, 1.807) is 23.1 Å². The Morgan fingerprint density at radius 3 is 2.90 bits per heavy atom. The fourth-order valence-electron chi connectivity index (χ4n) is 2.34. The van der Waals surface area contributed by atoms with E-state index in [0.717, 1.165) is 6.42 Å². The maximum Gasteiger partial charge on any atom is 0.292 e. The number of benzene rings is 1. The summed E-state index contributed by atoms with van der Waals surface area (Å²) in [5.74, 6) is 0.0244. The molecule has 0 saturated carbocycles. The molecule has 114 valence electrons. The van der Waals surface area contributed by atoms with Crippen molar-refractivity contribution in [2.75, 3.05) is 25.0 Å². The zero-order valence-corrected chi connectivity index (χ0v) is 11.9. The van der Waals surface area contributed by atoms with Crippen molar-refractivity contribution in [2.45, 2.75) is 19.4 Å². The molecule has 1 heterocycles. The molecule has 7 nitrogen and oxygen atoms in total. The minimum Gasteiger partial charge on any atom is -0.391 e. The summed E-state index contributed by atoms with van der Waals surface area (Å²) < 4.78 is 0. The number of aliphatic hydroxyl groups is 1. The Morgan fingerprint density at radius 1 is 1.52 bits per heavy atom. The van der Waals surface area contributed by atoms with Gasteiger partial charge in [0.05, 0.1) is 17.6 Å². The molecule has 1 aliphatic heterocycles. The lowest BCUT2D eigenvalue weighted by atomic mass is 9.96. The summed E-state index contributed by atoms with van der Waals surface area (Å²) in [7, 11) is 0. The smallest absolute Gasteiger partial charge is 0.292 e. The quantitative estimate of drug-likeness (QED) is 0.643. The molecule has 0 radical (unpaired) electrons. The SMILES string of the molecule is CC1CCN(C(=O)CNc2ccccc2[N+](=O)[O-])CC1O. The number of likely N-dealkylation sites (tertiary alicyclic amines) is 1. The highest BCUT2D eigenvalue weighted by Gasteiger charge is 2.27. The Kier molecular flexibility index (Phi) is 4.74. The van der Waals surface area contributed by atoms with Crippen LogP contribution in [-0.4, -0.2) is 46.6 Å². The van der Waals surface area contributed by atoms with E-state index in [1.165, 1.54) is 6.07 Å². The molecule has 21 heavy (non-hydrogen) atoms. The largest absolute Gasteiger partial charge is 0.391 e. The van der Waals surface area contributed by atoms with E-state index in [4.69, 9.17) is 0 Å². The van der Waals surface area contributed by atoms with Crippen LogP contribution < -0.4 is 5.32 Å². The van der Waals surface area contributed by atoms with Crippen LogP contribution in [0, 0.1) is 16.0 Å². The number of aliphatic hydroxyl groups excluding tert-OH is 1. The summed E-state index contributed by atoms with van der Waals surface area (Å²) in [5, 5.41) is 23.5. The number of carbonyl (C=O) groups is 1. The van der Waals surface area contributed by atoms with Crippen molar-refractivity contribution in [1.29, 1.82) is 0 Å². The van der Waals surface area contributed by atoms with Crippen LogP contribution in [0.1, 0.15) is 13.3 Å². The zero-order valence-electron chi connectivity index (χ0n) is 11.9. The summed E-state index contributed by atoms with van der Waals surface area (Å²) >= 11 is 0. The third-order valence-corrected chi connectivity index (χ3v) is 3.80. The Labute approximate surface area is 122 Å². The fourth-order valence-corrected chi connectivity index (χ4v) is 2.34. The summed E-state index contributed by atoms with van der Waals surface area (Å²) in [6, 6.07) is 6.21. The zero-order chi connectivity index (χ0) is 15.4. The minimum absolute atomic E-state index is 0.0219. The molecule has 1 aromatic carbocycles. The van der Waals surface area contributed by atoms with Crippen molar-refractivity contribution in [1.82, 2.24) is 4.90 Å². The van der Waals surface area contributed by atoms with Crippen molar-refractivity contribution in [3.63, 3.8) is 0 Å². The van der Waals surface area contributed by atoms with Crippen LogP contribution in [0.4, 0.5) is 11.4 Å². The van der Waals surface area contributed by atoms with Crippen molar-refractivity contribution in [3.05, 3.63) is 34.4 Å². The summed E-state index contributed by atoms with van der Waals surface area (Å²) in [6.45, 7) is 2.86. The number of rotatable bonds is 4. The number of piperidine rings is 1. The van der Waals surface area contributed by atoms with Crippen molar-refractivity contribution < 1.29 is 14.8 Å². The van der Waals surface area contributed by atoms with E-state index < -0.39 is 11.0 Å². The second kappa shape index (κ2) is 6.53. The van der Waals surface area contributed by atoms with Gasteiger partial charge in [-0.05, 0) is 18.4 Å². The Bertz CT molecular complexity index is 535. The average Bonchev–Trinajstić information content (AvgIpc) is 2.47. The van der Waals surface area contributed by atoms with E-state index in [1.807, 2.05) is 6.92 Å². The van der Waals surface area contributed by atoms with Gasteiger partial charge in [-0.3, -0.25) is 14.9 Å². The number of nitrogens with one attached hydrogen (secondary N) is 1. The molecule has 2 rings (SSSR count). The third kappa shape index (κ3) is 3.69. The standard InChI is InChI=1S/C14H19N3O4/c1-10-6-7-16(9-13(10)18)14(19)8-15-11-4-2-3-5-12(11)17(20)21/h2-5,10,13,15,18H,6-9H2,1H3. The lowest BCUT2D eigenvalue weighted by Gasteiger charge is -2.34. The highest BCUT2D eigenvalue weighted by atomic mass is 16.6. The van der Waals surface area contributed by atoms with E-state index in [-0.39, 0.29) is 24.1 Å². The Morgan fingerprint density at radius 2 is 2.24 bits per heavy atom. The highest BCUT2D eigenvalue weighted by molar-refractivity contribution is 5.82. The predicted octanol–water partition coefficient (Wildman–Crippen LogP) is 1.24. The van der Waals surface area contributed by atoms with Gasteiger partial charge in [-0.15, -0.1) is 0 Å². The molecule has 7 heteroatoms. The number of hydrogen-bond acceptors (Lipinski definition) is 5. The number of para-hydroxylation sites is 2. The number of hydrogen-bond donors (Lipinski definition) is 2. The van der Waals surface area contributed by atoms with Crippen LogP contribution in [-0.2, 0) is 4.79 Å². The second-order valence-electron chi connectivity index (χ2n) is 5.30. The predicted molar refractivity (Wildman–Crippen MR) is 78.0 cm³/mol. The van der Waals surface area contributed by atoms with Gasteiger partial charge < -0.3 is 15.3 Å². The van der Waals surface area contributed by atoms with Gasteiger partial charge in [0, 0.05) is 19.2 Å². The number of nitro groups is 1. The molecule has 1 saturated heterocycles. The molecule has 1 amide bonds. The maximum atomic E-state index is 12.1. The van der Waals surface area contributed by atoms with Crippen LogP contribution in [0.3, 0.4) is 0 Å². The van der Waals surface area contributed by atoms with Crippen molar-refractivity contribution in [2.24, 2.45) is 5.92 Å². The molecule has 1 aliphatic rings. The van der Waals surface area contributed by atoms with Gasteiger partial charge in [0.2, 0.25) is 5.91 Å². The van der Waals surface area contributed by atoms with E-state index in [0.29, 0.717) is 18.8 Å². The molecule has 2 atom stereocenters. The van der Waals surface area contributed by atoms with Gasteiger partial charge in [0.25, 0.3) is 5.69 Å². The molecule has 0 bridgehead atoms. The highest BCUT2D eigenvalue weighted by Crippen LogP contribution is 2.23. The van der Waals surface area contributed by atoms with Crippen LogP contribution in [0.15, 0.2) is 24.3 Å². The number of nitrogens with zero attached hydrogens (tertiary/aromatic N) is 2. The molecular weight excluding hydrogens is 274 g/mol. The van der Waals surface area contributed by atoms with Crippen molar-refractivity contribution in [3.8, 4) is 0 Å². The monoisotopic (exact) mass is 293 g/mol. The van der Waals surface area contributed by atoms with E-state index >= 15 is 0 Å². The number of carbonyl (C=O) groups excluding carboxylic acids is 1.